The third-order valence-electron chi connectivity index (χ3n) is 2.39. The van der Waals surface area contributed by atoms with Crippen molar-refractivity contribution >= 4 is 21.2 Å². The smallest absolute Gasteiger partial charge is 0.178 e. The van der Waals surface area contributed by atoms with Gasteiger partial charge in [-0.3, -0.25) is 4.68 Å². The first-order valence-electron chi connectivity index (χ1n) is 5.39. The molecule has 0 atom stereocenters. The molecule has 7 heteroatoms. The van der Waals surface area contributed by atoms with Crippen molar-refractivity contribution in [3.05, 3.63) is 34.3 Å². The molecule has 0 amide bonds. The van der Waals surface area contributed by atoms with Crippen LogP contribution in [0.2, 0.25) is 0 Å². The molecule has 0 aliphatic heterocycles. The molecule has 5 nitrogen and oxygen atoms in total. The average Bonchev–Trinajstić information content (AvgIpc) is 2.95. The Hall–Kier alpha value is -1.62. The van der Waals surface area contributed by atoms with E-state index in [1.54, 1.807) is 4.68 Å². The quantitative estimate of drug-likeness (QED) is 0.848. The molecule has 0 aliphatic carbocycles. The van der Waals surface area contributed by atoms with Crippen LogP contribution in [0.15, 0.2) is 28.7 Å². The largest absolute Gasteiger partial charge is 0.384 e. The van der Waals surface area contributed by atoms with Gasteiger partial charge in [0.15, 0.2) is 9.84 Å². The van der Waals surface area contributed by atoms with E-state index in [9.17, 15) is 8.42 Å². The van der Waals surface area contributed by atoms with Crippen molar-refractivity contribution < 1.29 is 13.5 Å². The number of rotatable bonds is 3. The summed E-state index contributed by atoms with van der Waals surface area (Å²) < 4.78 is 24.3. The van der Waals surface area contributed by atoms with E-state index in [2.05, 4.69) is 16.9 Å². The molecule has 2 aromatic heterocycles. The SMILES string of the molecule is CS(=O)(=O)c1cnn(Cc2sccc2C#CCO)c1. The molecular weight excluding hydrogens is 284 g/mol. The molecular formula is C12H12N2O3S2. The highest BCUT2D eigenvalue weighted by Gasteiger charge is 2.11. The number of thiophene rings is 1. The first-order valence-corrected chi connectivity index (χ1v) is 8.16. The Bertz CT molecular complexity index is 732. The number of aliphatic hydroxyl groups is 1. The number of aromatic nitrogens is 2. The van der Waals surface area contributed by atoms with Crippen LogP contribution < -0.4 is 0 Å². The van der Waals surface area contributed by atoms with Crippen LogP contribution >= 0.6 is 11.3 Å². The summed E-state index contributed by atoms with van der Waals surface area (Å²) in [5, 5.41) is 14.6. The van der Waals surface area contributed by atoms with Crippen molar-refractivity contribution in [2.24, 2.45) is 0 Å². The van der Waals surface area contributed by atoms with Gasteiger partial charge in [0.2, 0.25) is 0 Å². The number of hydrogen-bond acceptors (Lipinski definition) is 5. The Balaban J connectivity index is 2.23. The zero-order chi connectivity index (χ0) is 13.9. The van der Waals surface area contributed by atoms with Crippen LogP contribution in [-0.4, -0.2) is 36.2 Å². The van der Waals surface area contributed by atoms with E-state index in [1.807, 2.05) is 11.4 Å². The maximum atomic E-state index is 11.4. The molecule has 2 rings (SSSR count). The summed E-state index contributed by atoms with van der Waals surface area (Å²) in [6, 6.07) is 1.86. The first kappa shape index (κ1) is 13.8. The van der Waals surface area contributed by atoms with Crippen LogP contribution in [0.1, 0.15) is 10.4 Å². The van der Waals surface area contributed by atoms with Crippen molar-refractivity contribution in [2.45, 2.75) is 11.4 Å². The van der Waals surface area contributed by atoms with Crippen LogP contribution in [0.4, 0.5) is 0 Å². The van der Waals surface area contributed by atoms with E-state index < -0.39 is 9.84 Å². The van der Waals surface area contributed by atoms with E-state index in [1.165, 1.54) is 23.7 Å². The summed E-state index contributed by atoms with van der Waals surface area (Å²) in [5.74, 6) is 5.44. The molecule has 0 radical (unpaired) electrons. The van der Waals surface area contributed by atoms with Gasteiger partial charge in [-0.25, -0.2) is 8.42 Å². The van der Waals surface area contributed by atoms with Gasteiger partial charge in [-0.15, -0.1) is 11.3 Å². The minimum atomic E-state index is -3.23. The Kier molecular flexibility index (Phi) is 4.04. The highest BCUT2D eigenvalue weighted by molar-refractivity contribution is 7.90. The lowest BCUT2D eigenvalue weighted by Crippen LogP contribution is -2.00. The molecule has 0 aliphatic rings. The van der Waals surface area contributed by atoms with E-state index in [0.29, 0.717) is 6.54 Å². The monoisotopic (exact) mass is 296 g/mol. The maximum Gasteiger partial charge on any atom is 0.178 e. The molecule has 0 bridgehead atoms. The summed E-state index contributed by atoms with van der Waals surface area (Å²) in [5.41, 5.74) is 0.829. The molecule has 2 aromatic rings. The van der Waals surface area contributed by atoms with Gasteiger partial charge in [0.1, 0.15) is 11.5 Å². The van der Waals surface area contributed by atoms with Gasteiger partial charge in [-0.1, -0.05) is 11.8 Å². The van der Waals surface area contributed by atoms with Gasteiger partial charge >= 0.3 is 0 Å². The van der Waals surface area contributed by atoms with E-state index in [0.717, 1.165) is 16.7 Å². The number of aliphatic hydroxyl groups excluding tert-OH is 1. The van der Waals surface area contributed by atoms with E-state index in [-0.39, 0.29) is 11.5 Å². The summed E-state index contributed by atoms with van der Waals surface area (Å²) >= 11 is 1.52. The number of sulfone groups is 1. The third kappa shape index (κ3) is 3.44. The lowest BCUT2D eigenvalue weighted by atomic mass is 10.2. The van der Waals surface area contributed by atoms with Crippen LogP contribution in [0.25, 0.3) is 0 Å². The zero-order valence-corrected chi connectivity index (χ0v) is 11.8. The summed E-state index contributed by atoms with van der Waals surface area (Å²) in [4.78, 5) is 1.18. The second kappa shape index (κ2) is 5.57. The minimum absolute atomic E-state index is 0.185. The van der Waals surface area contributed by atoms with E-state index >= 15 is 0 Å². The maximum absolute atomic E-state index is 11.4. The van der Waals surface area contributed by atoms with Crippen molar-refractivity contribution in [1.82, 2.24) is 9.78 Å². The Morgan fingerprint density at radius 3 is 2.95 bits per heavy atom. The lowest BCUT2D eigenvalue weighted by molar-refractivity contribution is 0.350. The Morgan fingerprint density at radius 1 is 1.53 bits per heavy atom. The molecule has 0 saturated carbocycles. The second-order valence-electron chi connectivity index (χ2n) is 3.86. The van der Waals surface area contributed by atoms with Gasteiger partial charge in [0, 0.05) is 22.9 Å². The molecule has 0 fully saturated rings. The molecule has 100 valence electrons. The van der Waals surface area contributed by atoms with Crippen LogP contribution in [0, 0.1) is 11.8 Å². The first-order chi connectivity index (χ1) is 9.00. The van der Waals surface area contributed by atoms with Crippen LogP contribution in [0.5, 0.6) is 0 Å². The Labute approximate surface area is 115 Å². The standard InChI is InChI=1S/C12H12N2O3S2/c1-19(16,17)11-7-13-14(8-11)9-12-10(3-2-5-15)4-6-18-12/h4,6-8,15H,5,9H2,1H3. The fraction of sp³-hybridized carbons (Fsp3) is 0.250. The number of nitrogens with zero attached hydrogens (tertiary/aromatic N) is 2. The highest BCUT2D eigenvalue weighted by Crippen LogP contribution is 2.17. The Morgan fingerprint density at radius 2 is 2.32 bits per heavy atom. The number of hydrogen-bond donors (Lipinski definition) is 1. The predicted octanol–water partition coefficient (Wildman–Crippen LogP) is 0.740. The van der Waals surface area contributed by atoms with Gasteiger partial charge in [-0.05, 0) is 11.4 Å². The molecule has 2 heterocycles. The van der Waals surface area contributed by atoms with Crippen molar-refractivity contribution in [2.75, 3.05) is 12.9 Å². The molecule has 0 unspecified atom stereocenters. The molecule has 19 heavy (non-hydrogen) atoms. The van der Waals surface area contributed by atoms with Gasteiger partial charge in [-0.2, -0.15) is 5.10 Å². The average molecular weight is 296 g/mol. The van der Waals surface area contributed by atoms with Crippen molar-refractivity contribution in [3.8, 4) is 11.8 Å². The van der Waals surface area contributed by atoms with Gasteiger partial charge in [0.05, 0.1) is 12.7 Å². The zero-order valence-electron chi connectivity index (χ0n) is 10.2. The highest BCUT2D eigenvalue weighted by atomic mass is 32.2. The van der Waals surface area contributed by atoms with Crippen LogP contribution in [-0.2, 0) is 16.4 Å². The van der Waals surface area contributed by atoms with E-state index in [4.69, 9.17) is 5.11 Å². The van der Waals surface area contributed by atoms with Gasteiger partial charge < -0.3 is 5.11 Å². The summed E-state index contributed by atoms with van der Waals surface area (Å²) in [7, 11) is -3.23. The molecule has 0 saturated heterocycles. The normalized spacial score (nSPS) is 11.1. The van der Waals surface area contributed by atoms with Crippen molar-refractivity contribution in [1.29, 1.82) is 0 Å². The fourth-order valence-corrected chi connectivity index (χ4v) is 2.85. The fourth-order valence-electron chi connectivity index (χ4n) is 1.48. The summed E-state index contributed by atoms with van der Waals surface area (Å²) in [6.45, 7) is 0.276. The van der Waals surface area contributed by atoms with Gasteiger partial charge in [0.25, 0.3) is 0 Å². The van der Waals surface area contributed by atoms with Crippen molar-refractivity contribution in [3.63, 3.8) is 0 Å². The summed E-state index contributed by atoms with van der Waals surface area (Å²) in [6.07, 6.45) is 3.98. The second-order valence-corrected chi connectivity index (χ2v) is 6.88. The topological polar surface area (TPSA) is 72.2 Å². The minimum Gasteiger partial charge on any atom is -0.384 e. The third-order valence-corrected chi connectivity index (χ3v) is 4.36. The molecule has 1 N–H and O–H groups in total. The predicted molar refractivity (Wildman–Crippen MR) is 72.7 cm³/mol. The molecule has 0 spiro atoms. The molecule has 0 aromatic carbocycles. The lowest BCUT2D eigenvalue weighted by Gasteiger charge is -1.99. The van der Waals surface area contributed by atoms with Crippen LogP contribution in [0.3, 0.4) is 0 Å².